The monoisotopic (exact) mass is 177 g/mol. The van der Waals surface area contributed by atoms with Crippen LogP contribution in [0.25, 0.3) is 10.9 Å². The molecule has 0 atom stereocenters. The SMILES string of the molecule is N#Cc1c[nH]c2c(Cl)cncc12. The second-order valence-corrected chi connectivity index (χ2v) is 2.77. The van der Waals surface area contributed by atoms with Gasteiger partial charge in [0, 0.05) is 24.0 Å². The average molecular weight is 178 g/mol. The molecule has 0 spiro atoms. The first kappa shape index (κ1) is 7.14. The minimum Gasteiger partial charge on any atom is -0.359 e. The molecule has 0 bridgehead atoms. The molecule has 3 nitrogen and oxygen atoms in total. The highest BCUT2D eigenvalue weighted by Crippen LogP contribution is 2.22. The Kier molecular flexibility index (Phi) is 1.49. The van der Waals surface area contributed by atoms with Crippen LogP contribution in [0.5, 0.6) is 0 Å². The van der Waals surface area contributed by atoms with E-state index < -0.39 is 0 Å². The summed E-state index contributed by atoms with van der Waals surface area (Å²) in [7, 11) is 0. The first-order chi connectivity index (χ1) is 5.83. The van der Waals surface area contributed by atoms with Gasteiger partial charge in [-0.15, -0.1) is 0 Å². The third-order valence-corrected chi connectivity index (χ3v) is 1.96. The van der Waals surface area contributed by atoms with Crippen LogP contribution in [-0.4, -0.2) is 9.97 Å². The van der Waals surface area contributed by atoms with E-state index in [0.29, 0.717) is 10.6 Å². The molecule has 0 aliphatic carbocycles. The summed E-state index contributed by atoms with van der Waals surface area (Å²) in [6.45, 7) is 0. The number of nitrogens with zero attached hydrogens (tertiary/aromatic N) is 2. The topological polar surface area (TPSA) is 52.5 Å². The zero-order chi connectivity index (χ0) is 8.55. The lowest BCUT2D eigenvalue weighted by Crippen LogP contribution is -1.74. The van der Waals surface area contributed by atoms with E-state index in [4.69, 9.17) is 16.9 Å². The van der Waals surface area contributed by atoms with Crippen molar-refractivity contribution in [2.24, 2.45) is 0 Å². The van der Waals surface area contributed by atoms with Gasteiger partial charge in [-0.2, -0.15) is 5.26 Å². The highest BCUT2D eigenvalue weighted by molar-refractivity contribution is 6.35. The van der Waals surface area contributed by atoms with E-state index in [-0.39, 0.29) is 0 Å². The predicted octanol–water partition coefficient (Wildman–Crippen LogP) is 2.09. The minimum atomic E-state index is 0.536. The average Bonchev–Trinajstić information content (AvgIpc) is 2.49. The van der Waals surface area contributed by atoms with Gasteiger partial charge in [-0.1, -0.05) is 11.6 Å². The predicted molar refractivity (Wildman–Crippen MR) is 45.8 cm³/mol. The molecule has 0 aliphatic rings. The van der Waals surface area contributed by atoms with Gasteiger partial charge in [0.15, 0.2) is 0 Å². The van der Waals surface area contributed by atoms with E-state index >= 15 is 0 Å². The molecular formula is C8H4ClN3. The zero-order valence-corrected chi connectivity index (χ0v) is 6.76. The normalized spacial score (nSPS) is 10.0. The summed E-state index contributed by atoms with van der Waals surface area (Å²) in [5.41, 5.74) is 1.34. The number of H-pyrrole nitrogens is 1. The smallest absolute Gasteiger partial charge is 0.101 e. The number of hydrogen-bond donors (Lipinski definition) is 1. The van der Waals surface area contributed by atoms with Crippen molar-refractivity contribution in [3.05, 3.63) is 29.2 Å². The number of nitrogens with one attached hydrogen (secondary N) is 1. The lowest BCUT2D eigenvalue weighted by atomic mass is 10.2. The molecule has 0 aromatic carbocycles. The Hall–Kier alpha value is -1.53. The molecular weight excluding hydrogens is 174 g/mol. The van der Waals surface area contributed by atoms with Gasteiger partial charge in [0.1, 0.15) is 6.07 Å². The largest absolute Gasteiger partial charge is 0.359 e. The molecule has 0 aliphatic heterocycles. The molecule has 0 fully saturated rings. The fourth-order valence-corrected chi connectivity index (χ4v) is 1.31. The number of aromatic amines is 1. The van der Waals surface area contributed by atoms with Crippen molar-refractivity contribution in [2.75, 3.05) is 0 Å². The van der Waals surface area contributed by atoms with Gasteiger partial charge in [0.25, 0.3) is 0 Å². The Morgan fingerprint density at radius 3 is 3.08 bits per heavy atom. The third kappa shape index (κ3) is 0.858. The molecule has 2 heterocycles. The van der Waals surface area contributed by atoms with Crippen LogP contribution in [0.2, 0.25) is 5.02 Å². The number of halogens is 1. The van der Waals surface area contributed by atoms with Crippen molar-refractivity contribution in [3.8, 4) is 6.07 Å². The van der Waals surface area contributed by atoms with E-state index in [1.165, 1.54) is 0 Å². The summed E-state index contributed by atoms with van der Waals surface area (Å²) in [5, 5.41) is 9.98. The molecule has 4 heteroatoms. The highest BCUT2D eigenvalue weighted by Gasteiger charge is 2.04. The molecule has 58 valence electrons. The molecule has 12 heavy (non-hydrogen) atoms. The second kappa shape index (κ2) is 2.50. The summed E-state index contributed by atoms with van der Waals surface area (Å²) in [6, 6.07) is 2.05. The number of hydrogen-bond acceptors (Lipinski definition) is 2. The minimum absolute atomic E-state index is 0.536. The van der Waals surface area contributed by atoms with Crippen LogP contribution in [0, 0.1) is 11.3 Å². The zero-order valence-electron chi connectivity index (χ0n) is 6.00. The summed E-state index contributed by atoms with van der Waals surface area (Å²) < 4.78 is 0. The first-order valence-corrected chi connectivity index (χ1v) is 3.71. The fourth-order valence-electron chi connectivity index (χ4n) is 1.10. The molecule has 0 saturated carbocycles. The maximum Gasteiger partial charge on any atom is 0.101 e. The number of nitriles is 1. The van der Waals surface area contributed by atoms with Crippen molar-refractivity contribution in [1.29, 1.82) is 5.26 Å². The van der Waals surface area contributed by atoms with Crippen LogP contribution in [0.1, 0.15) is 5.56 Å². The van der Waals surface area contributed by atoms with Gasteiger partial charge in [-0.3, -0.25) is 4.98 Å². The van der Waals surface area contributed by atoms with Gasteiger partial charge in [0.05, 0.1) is 16.1 Å². The number of pyridine rings is 1. The van der Waals surface area contributed by atoms with Gasteiger partial charge in [0.2, 0.25) is 0 Å². The lowest BCUT2D eigenvalue weighted by Gasteiger charge is -1.90. The highest BCUT2D eigenvalue weighted by atomic mass is 35.5. The Morgan fingerprint density at radius 1 is 1.50 bits per heavy atom. The van der Waals surface area contributed by atoms with Gasteiger partial charge in [-0.25, -0.2) is 0 Å². The Balaban J connectivity index is 2.91. The van der Waals surface area contributed by atoms with Crippen LogP contribution < -0.4 is 0 Å². The van der Waals surface area contributed by atoms with Crippen LogP contribution >= 0.6 is 11.6 Å². The van der Waals surface area contributed by atoms with Crippen LogP contribution in [-0.2, 0) is 0 Å². The van der Waals surface area contributed by atoms with Crippen LogP contribution in [0.3, 0.4) is 0 Å². The van der Waals surface area contributed by atoms with Crippen molar-refractivity contribution < 1.29 is 0 Å². The van der Waals surface area contributed by atoms with Gasteiger partial charge in [-0.05, 0) is 0 Å². The molecule has 0 saturated heterocycles. The van der Waals surface area contributed by atoms with E-state index in [0.717, 1.165) is 10.9 Å². The van der Waals surface area contributed by atoms with Crippen LogP contribution in [0.15, 0.2) is 18.6 Å². The number of aromatic nitrogens is 2. The Morgan fingerprint density at radius 2 is 2.33 bits per heavy atom. The maximum absolute atomic E-state index is 8.67. The van der Waals surface area contributed by atoms with Crippen molar-refractivity contribution in [3.63, 3.8) is 0 Å². The number of fused-ring (bicyclic) bond motifs is 1. The standard InChI is InChI=1S/C8H4ClN3/c9-7-4-11-3-6-5(1-10)2-12-8(6)7/h2-4,12H. The van der Waals surface area contributed by atoms with Gasteiger partial charge >= 0.3 is 0 Å². The Labute approximate surface area is 73.6 Å². The van der Waals surface area contributed by atoms with Gasteiger partial charge < -0.3 is 4.98 Å². The molecule has 1 N–H and O–H groups in total. The fraction of sp³-hybridized carbons (Fsp3) is 0. The molecule has 0 radical (unpaired) electrons. The second-order valence-electron chi connectivity index (χ2n) is 2.36. The summed E-state index contributed by atoms with van der Waals surface area (Å²) in [6.07, 6.45) is 4.79. The molecule has 2 rings (SSSR count). The molecule has 2 aromatic heterocycles. The third-order valence-electron chi connectivity index (χ3n) is 1.67. The summed E-state index contributed by atoms with van der Waals surface area (Å²) in [5.74, 6) is 0. The quantitative estimate of drug-likeness (QED) is 0.670. The van der Waals surface area contributed by atoms with Crippen molar-refractivity contribution >= 4 is 22.5 Å². The first-order valence-electron chi connectivity index (χ1n) is 3.33. The lowest BCUT2D eigenvalue weighted by molar-refractivity contribution is 1.35. The van der Waals surface area contributed by atoms with E-state index in [9.17, 15) is 0 Å². The maximum atomic E-state index is 8.67. The van der Waals surface area contributed by atoms with E-state index in [1.807, 2.05) is 6.07 Å². The van der Waals surface area contributed by atoms with E-state index in [2.05, 4.69) is 9.97 Å². The summed E-state index contributed by atoms with van der Waals surface area (Å²) >= 11 is 5.82. The van der Waals surface area contributed by atoms with Crippen molar-refractivity contribution in [2.45, 2.75) is 0 Å². The van der Waals surface area contributed by atoms with E-state index in [1.54, 1.807) is 18.6 Å². The molecule has 0 amide bonds. The van der Waals surface area contributed by atoms with Crippen LogP contribution in [0.4, 0.5) is 0 Å². The number of rotatable bonds is 0. The summed E-state index contributed by atoms with van der Waals surface area (Å²) in [4.78, 5) is 6.80. The van der Waals surface area contributed by atoms with Crippen molar-refractivity contribution in [1.82, 2.24) is 9.97 Å². The molecule has 2 aromatic rings. The molecule has 0 unspecified atom stereocenters. The Bertz CT molecular complexity index is 467.